The van der Waals surface area contributed by atoms with Crippen molar-refractivity contribution in [2.24, 2.45) is 0 Å². The maximum atomic E-state index is 12.5. The zero-order valence-electron chi connectivity index (χ0n) is 16.3. The Bertz CT molecular complexity index is 974. The summed E-state index contributed by atoms with van der Waals surface area (Å²) in [7, 11) is 1.94. The van der Waals surface area contributed by atoms with Crippen molar-refractivity contribution in [3.8, 4) is 5.75 Å². The average molecular weight is 377 g/mol. The number of hydrogen-bond acceptors (Lipinski definition) is 4. The highest BCUT2D eigenvalue weighted by molar-refractivity contribution is 5.78. The molecular weight excluding hydrogens is 350 g/mol. The molecule has 4 nitrogen and oxygen atoms in total. The standard InChI is InChI=1S/C24H27NO3/c1-25-14-13-22(18-9-3-2-4-10-18)27-20-12-11-19-15-21(17-7-5-6-8-17)24(26)28-23(19)16-20/h2-4,9-12,15-17,22,25H,5-8,13-14H2,1H3. The summed E-state index contributed by atoms with van der Waals surface area (Å²) in [6.45, 7) is 0.854. The smallest absolute Gasteiger partial charge is 0.339 e. The van der Waals surface area contributed by atoms with Crippen molar-refractivity contribution in [1.82, 2.24) is 5.32 Å². The van der Waals surface area contributed by atoms with Crippen LogP contribution in [0.5, 0.6) is 5.75 Å². The van der Waals surface area contributed by atoms with Crippen molar-refractivity contribution in [3.63, 3.8) is 0 Å². The molecule has 146 valence electrons. The first-order chi connectivity index (χ1) is 13.7. The second kappa shape index (κ2) is 8.61. The highest BCUT2D eigenvalue weighted by atomic mass is 16.5. The van der Waals surface area contributed by atoms with E-state index in [0.717, 1.165) is 42.3 Å². The minimum absolute atomic E-state index is 0.0596. The molecule has 1 saturated carbocycles. The summed E-state index contributed by atoms with van der Waals surface area (Å²) in [5.74, 6) is 1.06. The van der Waals surface area contributed by atoms with E-state index in [1.807, 2.05) is 49.5 Å². The Morgan fingerprint density at radius 2 is 1.89 bits per heavy atom. The first kappa shape index (κ1) is 18.8. The van der Waals surface area contributed by atoms with Crippen molar-refractivity contribution < 1.29 is 9.15 Å². The Morgan fingerprint density at radius 1 is 1.11 bits per heavy atom. The molecule has 28 heavy (non-hydrogen) atoms. The minimum Gasteiger partial charge on any atom is -0.486 e. The molecule has 4 heteroatoms. The maximum absolute atomic E-state index is 12.5. The first-order valence-corrected chi connectivity index (χ1v) is 10.2. The van der Waals surface area contributed by atoms with Crippen LogP contribution in [-0.4, -0.2) is 13.6 Å². The van der Waals surface area contributed by atoms with Crippen molar-refractivity contribution in [2.45, 2.75) is 44.1 Å². The average Bonchev–Trinajstić information content (AvgIpc) is 3.25. The topological polar surface area (TPSA) is 51.5 Å². The lowest BCUT2D eigenvalue weighted by Crippen LogP contribution is -2.16. The summed E-state index contributed by atoms with van der Waals surface area (Å²) in [6, 6.07) is 18.0. The van der Waals surface area contributed by atoms with Crippen molar-refractivity contribution >= 4 is 11.0 Å². The molecule has 0 amide bonds. The molecule has 0 aliphatic heterocycles. The minimum atomic E-state index is -0.202. The van der Waals surface area contributed by atoms with E-state index in [1.165, 1.54) is 12.8 Å². The molecule has 4 rings (SSSR count). The predicted octanol–water partition coefficient (Wildman–Crippen LogP) is 5.18. The molecule has 1 aromatic heterocycles. The molecule has 1 heterocycles. The Morgan fingerprint density at radius 3 is 2.64 bits per heavy atom. The van der Waals surface area contributed by atoms with Gasteiger partial charge < -0.3 is 14.5 Å². The highest BCUT2D eigenvalue weighted by Crippen LogP contribution is 2.34. The van der Waals surface area contributed by atoms with Crippen LogP contribution in [0.25, 0.3) is 11.0 Å². The van der Waals surface area contributed by atoms with Gasteiger partial charge in [-0.05, 0) is 56.1 Å². The van der Waals surface area contributed by atoms with Crippen LogP contribution in [0.15, 0.2) is 63.8 Å². The quantitative estimate of drug-likeness (QED) is 0.577. The van der Waals surface area contributed by atoms with Crippen LogP contribution in [0.4, 0.5) is 0 Å². The van der Waals surface area contributed by atoms with Crippen LogP contribution in [-0.2, 0) is 0 Å². The van der Waals surface area contributed by atoms with E-state index in [1.54, 1.807) is 0 Å². The molecule has 0 saturated heterocycles. The molecule has 2 aromatic carbocycles. The summed E-state index contributed by atoms with van der Waals surface area (Å²) >= 11 is 0. The number of hydrogen-bond donors (Lipinski definition) is 1. The number of fused-ring (bicyclic) bond motifs is 1. The molecule has 1 aliphatic carbocycles. The van der Waals surface area contributed by atoms with E-state index < -0.39 is 0 Å². The Kier molecular flexibility index (Phi) is 5.77. The van der Waals surface area contributed by atoms with Crippen molar-refractivity contribution in [1.29, 1.82) is 0 Å². The van der Waals surface area contributed by atoms with Gasteiger partial charge in [0.1, 0.15) is 17.4 Å². The molecule has 0 spiro atoms. The first-order valence-electron chi connectivity index (χ1n) is 10.2. The van der Waals surface area contributed by atoms with E-state index >= 15 is 0 Å². The van der Waals surface area contributed by atoms with Gasteiger partial charge in [-0.15, -0.1) is 0 Å². The van der Waals surface area contributed by atoms with Crippen molar-refractivity contribution in [2.75, 3.05) is 13.6 Å². The number of benzene rings is 2. The number of rotatable bonds is 7. The van der Waals surface area contributed by atoms with Gasteiger partial charge >= 0.3 is 5.63 Å². The van der Waals surface area contributed by atoms with Gasteiger partial charge in [0.2, 0.25) is 0 Å². The second-order valence-corrected chi connectivity index (χ2v) is 7.58. The summed E-state index contributed by atoms with van der Waals surface area (Å²) in [5.41, 5.74) is 2.35. The summed E-state index contributed by atoms with van der Waals surface area (Å²) in [4.78, 5) is 12.5. The molecule has 0 bridgehead atoms. The lowest BCUT2D eigenvalue weighted by molar-refractivity contribution is 0.195. The second-order valence-electron chi connectivity index (χ2n) is 7.58. The van der Waals surface area contributed by atoms with Crippen molar-refractivity contribution in [3.05, 3.63) is 76.1 Å². The Balaban J connectivity index is 1.61. The van der Waals surface area contributed by atoms with Gasteiger partial charge in [-0.25, -0.2) is 4.79 Å². The van der Waals surface area contributed by atoms with Gasteiger partial charge in [-0.2, -0.15) is 0 Å². The zero-order chi connectivity index (χ0) is 19.3. The fourth-order valence-corrected chi connectivity index (χ4v) is 4.10. The predicted molar refractivity (Wildman–Crippen MR) is 112 cm³/mol. The lowest BCUT2D eigenvalue weighted by Gasteiger charge is -2.20. The van der Waals surface area contributed by atoms with Gasteiger partial charge in [-0.3, -0.25) is 0 Å². The molecule has 1 N–H and O–H groups in total. The molecular formula is C24H27NO3. The summed E-state index contributed by atoms with van der Waals surface area (Å²) in [6.07, 6.45) is 5.35. The van der Waals surface area contributed by atoms with Crippen LogP contribution in [0.1, 0.15) is 55.3 Å². The van der Waals surface area contributed by atoms with Gasteiger partial charge in [-0.1, -0.05) is 43.2 Å². The number of nitrogens with one attached hydrogen (secondary N) is 1. The largest absolute Gasteiger partial charge is 0.486 e. The van der Waals surface area contributed by atoms with Crippen LogP contribution in [0.2, 0.25) is 0 Å². The van der Waals surface area contributed by atoms with E-state index in [0.29, 0.717) is 17.3 Å². The number of ether oxygens (including phenoxy) is 1. The molecule has 1 fully saturated rings. The molecule has 3 aromatic rings. The van der Waals surface area contributed by atoms with E-state index in [9.17, 15) is 4.79 Å². The van der Waals surface area contributed by atoms with Crippen LogP contribution >= 0.6 is 0 Å². The zero-order valence-corrected chi connectivity index (χ0v) is 16.3. The lowest BCUT2D eigenvalue weighted by atomic mass is 9.98. The third-order valence-corrected chi connectivity index (χ3v) is 5.64. The third-order valence-electron chi connectivity index (χ3n) is 5.64. The fraction of sp³-hybridized carbons (Fsp3) is 0.375. The van der Waals surface area contributed by atoms with Crippen LogP contribution in [0, 0.1) is 0 Å². The monoisotopic (exact) mass is 377 g/mol. The van der Waals surface area contributed by atoms with E-state index in [-0.39, 0.29) is 11.7 Å². The summed E-state index contributed by atoms with van der Waals surface area (Å²) in [5, 5.41) is 4.14. The molecule has 1 atom stereocenters. The maximum Gasteiger partial charge on any atom is 0.339 e. The highest BCUT2D eigenvalue weighted by Gasteiger charge is 2.21. The van der Waals surface area contributed by atoms with E-state index in [2.05, 4.69) is 17.4 Å². The molecule has 0 radical (unpaired) electrons. The fourth-order valence-electron chi connectivity index (χ4n) is 4.10. The van der Waals surface area contributed by atoms with Gasteiger partial charge in [0.25, 0.3) is 0 Å². The Hall–Kier alpha value is -2.59. The Labute approximate surface area is 165 Å². The van der Waals surface area contributed by atoms with Gasteiger partial charge in [0, 0.05) is 23.4 Å². The third kappa shape index (κ3) is 4.12. The van der Waals surface area contributed by atoms with E-state index in [4.69, 9.17) is 9.15 Å². The SMILES string of the molecule is CNCCC(Oc1ccc2cc(C3CCCC3)c(=O)oc2c1)c1ccccc1. The van der Waals surface area contributed by atoms with Gasteiger partial charge in [0.15, 0.2) is 0 Å². The molecule has 1 aliphatic rings. The van der Waals surface area contributed by atoms with Crippen LogP contribution < -0.4 is 15.7 Å². The van der Waals surface area contributed by atoms with Crippen LogP contribution in [0.3, 0.4) is 0 Å². The van der Waals surface area contributed by atoms with Gasteiger partial charge in [0.05, 0.1) is 0 Å². The summed E-state index contributed by atoms with van der Waals surface area (Å²) < 4.78 is 11.9. The normalized spacial score (nSPS) is 15.8. The molecule has 1 unspecified atom stereocenters.